The van der Waals surface area contributed by atoms with Gasteiger partial charge in [-0.1, -0.05) is 388 Å². The van der Waals surface area contributed by atoms with E-state index in [9.17, 15) is 0 Å². The van der Waals surface area contributed by atoms with Crippen molar-refractivity contribution >= 4 is 149 Å². The van der Waals surface area contributed by atoms with Gasteiger partial charge in [0.1, 0.15) is 0 Å². The Morgan fingerprint density at radius 3 is 0.644 bits per heavy atom. The third-order valence-electron chi connectivity index (χ3n) is 24.4. The molecule has 0 saturated heterocycles. The number of rotatable bonds is 10. The van der Waals surface area contributed by atoms with E-state index < -0.39 is 0 Å². The molecule has 0 saturated carbocycles. The Morgan fingerprint density at radius 2 is 0.322 bits per heavy atom. The fraction of sp³-hybridized carbons (Fsp3) is 0. The van der Waals surface area contributed by atoms with E-state index in [-0.39, 0.29) is 0 Å². The van der Waals surface area contributed by atoms with Crippen LogP contribution in [0.1, 0.15) is 0 Å². The summed E-state index contributed by atoms with van der Waals surface area (Å²) in [6.07, 6.45) is 0. The third kappa shape index (κ3) is 11.9. The van der Waals surface area contributed by atoms with Gasteiger partial charge in [0.15, 0.2) is 0 Å². The predicted molar refractivity (Wildman–Crippen MR) is 513 cm³/mol. The van der Waals surface area contributed by atoms with Crippen LogP contribution in [0.2, 0.25) is 0 Å². The number of hydrogen-bond donors (Lipinski definition) is 0. The van der Waals surface area contributed by atoms with Gasteiger partial charge in [0, 0.05) is 40.3 Å². The molecule has 2 heterocycles. The van der Waals surface area contributed by atoms with E-state index in [2.05, 4.69) is 437 Å². The van der Waals surface area contributed by atoms with Crippen molar-refractivity contribution in [1.29, 1.82) is 0 Å². The Hall–Kier alpha value is -14.6. The molecule has 0 bridgehead atoms. The zero-order chi connectivity index (χ0) is 77.7. The van der Waals surface area contributed by atoms with Gasteiger partial charge in [-0.15, -0.1) is 22.7 Å². The topological polar surface area (TPSA) is 0 Å². The fourth-order valence-electron chi connectivity index (χ4n) is 18.8. The first-order valence-electron chi connectivity index (χ1n) is 40.6. The van der Waals surface area contributed by atoms with Crippen LogP contribution in [0, 0.1) is 0 Å². The van der Waals surface area contributed by atoms with Crippen LogP contribution in [-0.4, -0.2) is 0 Å². The van der Waals surface area contributed by atoms with Crippen LogP contribution in [0.3, 0.4) is 0 Å². The SMILES string of the molecule is c1ccc(-c2c(-c3ccccc3)c3cc(-c4cccc5c4sc4c(-c6ccc7c(c6)c(-c6ccccc6)c(-c6ccccc6)c6ccccc67)cccc45)ccc3c3ccccc23)cc1.c1ccc2cc(-c3ccc4cc(-c5cccc6c5sc5c(-c7ccc8cc(-c9ccc%10ccccc%10c9)ccc8c7)cccc56)ccc4c3)ccc2c1. The van der Waals surface area contributed by atoms with Crippen molar-refractivity contribution in [2.45, 2.75) is 0 Å². The summed E-state index contributed by atoms with van der Waals surface area (Å²) in [6, 6.07) is 161. The minimum atomic E-state index is 1.22. The normalized spacial score (nSPS) is 11.7. The molecule has 0 aliphatic rings. The second-order valence-corrected chi connectivity index (χ2v) is 33.2. The molecule has 548 valence electrons. The van der Waals surface area contributed by atoms with Gasteiger partial charge in [0.25, 0.3) is 0 Å². The summed E-state index contributed by atoms with van der Waals surface area (Å²) < 4.78 is 5.29. The summed E-state index contributed by atoms with van der Waals surface area (Å²) in [4.78, 5) is 0. The maximum Gasteiger partial charge on any atom is 0.0434 e. The number of thiophene rings is 2. The van der Waals surface area contributed by atoms with Crippen molar-refractivity contribution in [3.8, 4) is 111 Å². The molecular weight excluding hydrogens is 1460 g/mol. The largest absolute Gasteiger partial charge is 0.134 e. The quantitative estimate of drug-likeness (QED) is 0.120. The molecule has 22 aromatic carbocycles. The summed E-state index contributed by atoms with van der Waals surface area (Å²) >= 11 is 3.84. The van der Waals surface area contributed by atoms with Gasteiger partial charge in [-0.25, -0.2) is 0 Å². The molecule has 0 N–H and O–H groups in total. The Bertz CT molecular complexity index is 7670. The lowest BCUT2D eigenvalue weighted by atomic mass is 9.84. The zero-order valence-electron chi connectivity index (χ0n) is 64.4. The molecule has 0 spiro atoms. The molecule has 2 aromatic heterocycles. The first kappa shape index (κ1) is 68.9. The molecule has 0 amide bonds. The highest BCUT2D eigenvalue weighted by Gasteiger charge is 2.24. The summed E-state index contributed by atoms with van der Waals surface area (Å²) in [7, 11) is 0. The lowest BCUT2D eigenvalue weighted by molar-refractivity contribution is 1.62. The highest BCUT2D eigenvalue weighted by molar-refractivity contribution is 7.27. The van der Waals surface area contributed by atoms with Gasteiger partial charge in [-0.3, -0.25) is 0 Å². The van der Waals surface area contributed by atoms with Crippen LogP contribution in [0.5, 0.6) is 0 Å². The van der Waals surface area contributed by atoms with E-state index in [1.807, 2.05) is 22.7 Å². The molecule has 0 atom stereocenters. The molecule has 24 aromatic rings. The molecule has 0 aliphatic heterocycles. The minimum Gasteiger partial charge on any atom is -0.134 e. The second-order valence-electron chi connectivity index (χ2n) is 31.2. The van der Waals surface area contributed by atoms with Crippen LogP contribution in [-0.2, 0) is 0 Å². The van der Waals surface area contributed by atoms with Crippen molar-refractivity contribution in [2.24, 2.45) is 0 Å². The molecule has 0 aliphatic carbocycles. The van der Waals surface area contributed by atoms with Crippen LogP contribution in [0.15, 0.2) is 437 Å². The Balaban J connectivity index is 0.000000141. The standard InChI is InChI=1S/C64H40S.C52H32S/c1-5-19-41(20-6-1)59-53-29-15-13-27-49(53)51-37-35-45(39-57(51)61(59)43-23-9-3-10-24-43)47-31-17-33-55-56-34-18-32-48(64(56)65-63(47)55)46-36-38-52-50-28-14-16-30-54(50)60(42-21-7-2-8-22-42)62(58(52)40-46)44-25-11-4-12-26-44;1-3-9-35-27-37(17-15-33(35)7-1)39-19-21-43-31-45(25-23-41(43)29-39)47-11-5-13-49-50-14-6-12-48(52(50)53-51(47)49)46-26-24-42-30-40(20-22-44(42)32-46)38-18-16-34-8-2-4-10-36(34)28-38/h1-40H;1-32H. The van der Waals surface area contributed by atoms with Crippen LogP contribution in [0.25, 0.3) is 238 Å². The van der Waals surface area contributed by atoms with Crippen LogP contribution >= 0.6 is 22.7 Å². The number of hydrogen-bond acceptors (Lipinski definition) is 2. The molecule has 24 rings (SSSR count). The van der Waals surface area contributed by atoms with Crippen molar-refractivity contribution in [2.75, 3.05) is 0 Å². The Kier molecular flexibility index (Phi) is 16.8. The summed E-state index contributed by atoms with van der Waals surface area (Å²) in [6.45, 7) is 0. The van der Waals surface area contributed by atoms with E-state index >= 15 is 0 Å². The molecule has 2 heteroatoms. The molecule has 0 unspecified atom stereocenters. The maximum atomic E-state index is 2.46. The van der Waals surface area contributed by atoms with Gasteiger partial charge in [0.2, 0.25) is 0 Å². The molecule has 118 heavy (non-hydrogen) atoms. The van der Waals surface area contributed by atoms with Gasteiger partial charge in [-0.05, 0) is 246 Å². The lowest BCUT2D eigenvalue weighted by Crippen LogP contribution is -1.92. The maximum absolute atomic E-state index is 2.46. The second kappa shape index (κ2) is 28.7. The van der Waals surface area contributed by atoms with Crippen molar-refractivity contribution in [3.63, 3.8) is 0 Å². The first-order valence-corrected chi connectivity index (χ1v) is 42.3. The molecule has 0 nitrogen and oxygen atoms in total. The number of fused-ring (bicyclic) bond motifs is 16. The smallest absolute Gasteiger partial charge is 0.0434 e. The van der Waals surface area contributed by atoms with Gasteiger partial charge >= 0.3 is 0 Å². The lowest BCUT2D eigenvalue weighted by Gasteiger charge is -2.19. The number of benzene rings is 22. The van der Waals surface area contributed by atoms with E-state index in [0.29, 0.717) is 0 Å². The average molecular weight is 1530 g/mol. The fourth-order valence-corrected chi connectivity index (χ4v) is 21.6. The van der Waals surface area contributed by atoms with E-state index in [0.717, 1.165) is 0 Å². The third-order valence-corrected chi connectivity index (χ3v) is 27.0. The van der Waals surface area contributed by atoms with Gasteiger partial charge in [-0.2, -0.15) is 0 Å². The van der Waals surface area contributed by atoms with Crippen molar-refractivity contribution < 1.29 is 0 Å². The Morgan fingerprint density at radius 1 is 0.110 bits per heavy atom. The van der Waals surface area contributed by atoms with Crippen molar-refractivity contribution in [1.82, 2.24) is 0 Å². The van der Waals surface area contributed by atoms with Gasteiger partial charge < -0.3 is 0 Å². The van der Waals surface area contributed by atoms with E-state index in [1.54, 1.807) is 0 Å². The summed E-state index contributed by atoms with van der Waals surface area (Å²) in [5.41, 5.74) is 25.0. The van der Waals surface area contributed by atoms with Crippen LogP contribution in [0.4, 0.5) is 0 Å². The highest BCUT2D eigenvalue weighted by atomic mass is 32.1. The van der Waals surface area contributed by atoms with Crippen LogP contribution < -0.4 is 0 Å². The highest BCUT2D eigenvalue weighted by Crippen LogP contribution is 2.52. The van der Waals surface area contributed by atoms with Crippen molar-refractivity contribution in [3.05, 3.63) is 437 Å². The predicted octanol–water partition coefficient (Wildman–Crippen LogP) is 34.0. The van der Waals surface area contributed by atoms with E-state index in [4.69, 9.17) is 0 Å². The molecular formula is C116H72S2. The first-order chi connectivity index (χ1) is 58.5. The van der Waals surface area contributed by atoms with E-state index in [1.165, 1.54) is 238 Å². The molecule has 0 radical (unpaired) electrons. The van der Waals surface area contributed by atoms with Gasteiger partial charge in [0.05, 0.1) is 0 Å². The minimum absolute atomic E-state index is 1.22. The Labute approximate surface area is 692 Å². The summed E-state index contributed by atoms with van der Waals surface area (Å²) in [5, 5.41) is 25.5. The average Bonchev–Trinajstić information content (AvgIpc) is 1.31. The molecule has 0 fully saturated rings. The summed E-state index contributed by atoms with van der Waals surface area (Å²) in [5.74, 6) is 0. The zero-order valence-corrected chi connectivity index (χ0v) is 66.0. The monoisotopic (exact) mass is 1530 g/mol.